The first-order valence-electron chi connectivity index (χ1n) is 9.32. The van der Waals surface area contributed by atoms with Crippen molar-refractivity contribution in [3.63, 3.8) is 0 Å². The van der Waals surface area contributed by atoms with Gasteiger partial charge in [0.1, 0.15) is 12.4 Å². The van der Waals surface area contributed by atoms with E-state index >= 15 is 0 Å². The average Bonchev–Trinajstić information content (AvgIpc) is 3.15. The molecule has 0 unspecified atom stereocenters. The highest BCUT2D eigenvalue weighted by molar-refractivity contribution is 7.99. The Morgan fingerprint density at radius 2 is 1.81 bits per heavy atom. The van der Waals surface area contributed by atoms with Gasteiger partial charge in [0.25, 0.3) is 0 Å². The van der Waals surface area contributed by atoms with Crippen LogP contribution in [0.2, 0.25) is 0 Å². The molecular weight excluding hydrogens is 356 g/mol. The van der Waals surface area contributed by atoms with E-state index in [4.69, 9.17) is 9.84 Å². The predicted octanol–water partition coefficient (Wildman–Crippen LogP) is 4.09. The minimum Gasteiger partial charge on any atom is -0.486 e. The standard InChI is InChI=1S/C21H20N4OS/c1-2-7-16(8-3-1)19-14-27-21-23-22-20(25(21)24-19)13-26-18-11-10-15-6-4-5-9-17(15)12-18/h1-3,7-8,10-12H,4-6,9,13-14H2. The lowest BCUT2D eigenvalue weighted by Crippen LogP contribution is -2.15. The summed E-state index contributed by atoms with van der Waals surface area (Å²) < 4.78 is 7.84. The minimum atomic E-state index is 0.359. The highest BCUT2D eigenvalue weighted by Crippen LogP contribution is 2.27. The average molecular weight is 376 g/mol. The van der Waals surface area contributed by atoms with Crippen LogP contribution < -0.4 is 4.74 Å². The Kier molecular flexibility index (Phi) is 4.41. The molecule has 1 aromatic heterocycles. The Morgan fingerprint density at radius 3 is 2.70 bits per heavy atom. The molecule has 0 spiro atoms. The zero-order chi connectivity index (χ0) is 18.1. The second-order valence-electron chi connectivity index (χ2n) is 6.84. The van der Waals surface area contributed by atoms with Gasteiger partial charge in [0.05, 0.1) is 5.71 Å². The van der Waals surface area contributed by atoms with E-state index in [-0.39, 0.29) is 0 Å². The molecule has 0 fully saturated rings. The van der Waals surface area contributed by atoms with Gasteiger partial charge in [-0.05, 0) is 54.5 Å². The van der Waals surface area contributed by atoms with Crippen LogP contribution in [0, 0.1) is 0 Å². The topological polar surface area (TPSA) is 52.3 Å². The maximum atomic E-state index is 6.02. The van der Waals surface area contributed by atoms with Crippen LogP contribution in [-0.4, -0.2) is 26.3 Å². The number of fused-ring (bicyclic) bond motifs is 2. The predicted molar refractivity (Wildman–Crippen MR) is 107 cm³/mol. The molecule has 0 atom stereocenters. The Morgan fingerprint density at radius 1 is 0.963 bits per heavy atom. The number of ether oxygens (including phenoxy) is 1. The van der Waals surface area contributed by atoms with Crippen LogP contribution in [0.25, 0.3) is 0 Å². The Hall–Kier alpha value is -2.60. The zero-order valence-corrected chi connectivity index (χ0v) is 15.8. The molecule has 5 rings (SSSR count). The summed E-state index contributed by atoms with van der Waals surface area (Å²) in [7, 11) is 0. The SMILES string of the molecule is c1ccc(C2=Nn3c(COc4ccc5c(c4)CCCC5)nnc3SC2)cc1. The molecule has 5 nitrogen and oxygen atoms in total. The molecule has 6 heteroatoms. The van der Waals surface area contributed by atoms with Gasteiger partial charge in [-0.25, -0.2) is 0 Å². The fourth-order valence-corrected chi connectivity index (χ4v) is 4.43. The van der Waals surface area contributed by atoms with Gasteiger partial charge in [0.15, 0.2) is 5.82 Å². The van der Waals surface area contributed by atoms with Gasteiger partial charge in [0.2, 0.25) is 5.16 Å². The number of hydrogen-bond donors (Lipinski definition) is 0. The van der Waals surface area contributed by atoms with E-state index in [1.54, 1.807) is 11.8 Å². The van der Waals surface area contributed by atoms with Gasteiger partial charge in [0, 0.05) is 5.75 Å². The van der Waals surface area contributed by atoms with E-state index in [0.29, 0.717) is 6.61 Å². The van der Waals surface area contributed by atoms with Crippen molar-refractivity contribution in [3.8, 4) is 5.75 Å². The second-order valence-corrected chi connectivity index (χ2v) is 7.78. The van der Waals surface area contributed by atoms with Gasteiger partial charge >= 0.3 is 0 Å². The van der Waals surface area contributed by atoms with Crippen LogP contribution in [0.3, 0.4) is 0 Å². The molecule has 1 aliphatic carbocycles. The third-order valence-corrected chi connectivity index (χ3v) is 5.96. The fraction of sp³-hybridized carbons (Fsp3) is 0.286. The molecule has 2 aromatic carbocycles. The number of hydrogen-bond acceptors (Lipinski definition) is 5. The van der Waals surface area contributed by atoms with E-state index in [2.05, 4.69) is 40.5 Å². The van der Waals surface area contributed by atoms with Gasteiger partial charge in [-0.1, -0.05) is 48.2 Å². The minimum absolute atomic E-state index is 0.359. The van der Waals surface area contributed by atoms with Gasteiger partial charge in [-0.3, -0.25) is 0 Å². The molecule has 0 saturated carbocycles. The summed E-state index contributed by atoms with van der Waals surface area (Å²) in [5.41, 5.74) is 5.04. The molecule has 2 aliphatic rings. The number of aryl methyl sites for hydroxylation is 2. The van der Waals surface area contributed by atoms with Crippen molar-refractivity contribution in [2.75, 3.05) is 5.75 Å². The number of nitrogens with zero attached hydrogens (tertiary/aromatic N) is 4. The molecule has 0 saturated heterocycles. The van der Waals surface area contributed by atoms with Gasteiger partial charge in [-0.15, -0.1) is 10.2 Å². The van der Waals surface area contributed by atoms with Crippen molar-refractivity contribution >= 4 is 17.5 Å². The lowest BCUT2D eigenvalue weighted by atomic mass is 9.92. The van der Waals surface area contributed by atoms with Crippen LogP contribution >= 0.6 is 11.8 Å². The molecule has 0 bridgehead atoms. The van der Waals surface area contributed by atoms with Crippen LogP contribution in [-0.2, 0) is 19.4 Å². The fourth-order valence-electron chi connectivity index (χ4n) is 3.58. The number of aromatic nitrogens is 3. The molecule has 136 valence electrons. The highest BCUT2D eigenvalue weighted by Gasteiger charge is 2.20. The smallest absolute Gasteiger partial charge is 0.212 e. The molecule has 0 amide bonds. The van der Waals surface area contributed by atoms with E-state index < -0.39 is 0 Å². The maximum absolute atomic E-state index is 6.02. The number of benzene rings is 2. The van der Waals surface area contributed by atoms with Crippen LogP contribution in [0.1, 0.15) is 35.4 Å². The summed E-state index contributed by atoms with van der Waals surface area (Å²) in [5.74, 6) is 2.42. The van der Waals surface area contributed by atoms with E-state index in [1.807, 2.05) is 22.9 Å². The summed E-state index contributed by atoms with van der Waals surface area (Å²) in [4.78, 5) is 0. The summed E-state index contributed by atoms with van der Waals surface area (Å²) in [6, 6.07) is 16.7. The Labute approximate surface area is 162 Å². The van der Waals surface area contributed by atoms with Crippen molar-refractivity contribution in [2.45, 2.75) is 37.4 Å². The molecule has 2 heterocycles. The largest absolute Gasteiger partial charge is 0.486 e. The van der Waals surface area contributed by atoms with E-state index in [0.717, 1.165) is 40.2 Å². The summed E-state index contributed by atoms with van der Waals surface area (Å²) in [5, 5.41) is 14.1. The van der Waals surface area contributed by atoms with Gasteiger partial charge < -0.3 is 4.74 Å². The lowest BCUT2D eigenvalue weighted by Gasteiger charge is -2.17. The molecule has 1 aliphatic heterocycles. The zero-order valence-electron chi connectivity index (χ0n) is 15.0. The number of rotatable bonds is 4. The van der Waals surface area contributed by atoms with Crippen molar-refractivity contribution < 1.29 is 4.74 Å². The first-order valence-corrected chi connectivity index (χ1v) is 10.3. The molecular formula is C21H20N4OS. The number of thioether (sulfide) groups is 1. The molecule has 0 N–H and O–H groups in total. The summed E-state index contributed by atoms with van der Waals surface area (Å²) in [6.45, 7) is 0.359. The maximum Gasteiger partial charge on any atom is 0.212 e. The van der Waals surface area contributed by atoms with E-state index in [9.17, 15) is 0 Å². The monoisotopic (exact) mass is 376 g/mol. The summed E-state index contributed by atoms with van der Waals surface area (Å²) >= 11 is 1.66. The van der Waals surface area contributed by atoms with Crippen LogP contribution in [0.5, 0.6) is 5.75 Å². The van der Waals surface area contributed by atoms with Gasteiger partial charge in [-0.2, -0.15) is 9.78 Å². The summed E-state index contributed by atoms with van der Waals surface area (Å²) in [6.07, 6.45) is 4.89. The molecule has 3 aromatic rings. The lowest BCUT2D eigenvalue weighted by molar-refractivity contribution is 0.289. The van der Waals surface area contributed by atoms with Crippen molar-refractivity contribution in [1.29, 1.82) is 0 Å². The first-order chi connectivity index (χ1) is 13.4. The quantitative estimate of drug-likeness (QED) is 0.688. The Bertz CT molecular complexity index is 997. The normalized spacial score (nSPS) is 15.6. The second kappa shape index (κ2) is 7.19. The first kappa shape index (κ1) is 16.6. The third-order valence-electron chi connectivity index (χ3n) is 5.03. The van der Waals surface area contributed by atoms with Crippen molar-refractivity contribution in [1.82, 2.24) is 14.9 Å². The van der Waals surface area contributed by atoms with E-state index in [1.165, 1.54) is 30.4 Å². The Balaban J connectivity index is 1.36. The molecule has 27 heavy (non-hydrogen) atoms. The van der Waals surface area contributed by atoms with Crippen LogP contribution in [0.15, 0.2) is 58.8 Å². The van der Waals surface area contributed by atoms with Crippen LogP contribution in [0.4, 0.5) is 0 Å². The van der Waals surface area contributed by atoms with Crippen molar-refractivity contribution in [3.05, 3.63) is 71.0 Å². The van der Waals surface area contributed by atoms with Crippen molar-refractivity contribution in [2.24, 2.45) is 5.10 Å². The third kappa shape index (κ3) is 3.37. The highest BCUT2D eigenvalue weighted by atomic mass is 32.2. The molecule has 0 radical (unpaired) electrons.